The fourth-order valence-electron chi connectivity index (χ4n) is 2.65. The number of ether oxygens (including phenoxy) is 2. The number of rotatable bonds is 5. The van der Waals surface area contributed by atoms with Gasteiger partial charge in [0.05, 0.1) is 5.60 Å². The number of nitrogens with zero attached hydrogens (tertiary/aromatic N) is 1. The normalized spacial score (nSPS) is 17.3. The molecule has 0 bridgehead atoms. The summed E-state index contributed by atoms with van der Waals surface area (Å²) in [4.78, 5) is 4.29. The predicted octanol–water partition coefficient (Wildman–Crippen LogP) is 2.47. The molecule has 23 heavy (non-hydrogen) atoms. The number of aryl methyl sites for hydroxylation is 1. The Bertz CT molecular complexity index is 502. The van der Waals surface area contributed by atoms with Gasteiger partial charge in [-0.2, -0.15) is 0 Å². The van der Waals surface area contributed by atoms with Gasteiger partial charge in [-0.3, -0.25) is 4.99 Å². The summed E-state index contributed by atoms with van der Waals surface area (Å²) in [6.45, 7) is 5.13. The fourth-order valence-corrected chi connectivity index (χ4v) is 2.65. The minimum absolute atomic E-state index is 0. The molecular formula is C17H28IN3O2. The van der Waals surface area contributed by atoms with Crippen molar-refractivity contribution in [3.63, 3.8) is 0 Å². The Labute approximate surface area is 156 Å². The lowest BCUT2D eigenvalue weighted by Gasteiger charge is -2.36. The molecule has 0 saturated carbocycles. The molecule has 0 atom stereocenters. The van der Waals surface area contributed by atoms with Gasteiger partial charge in [0.1, 0.15) is 0 Å². The van der Waals surface area contributed by atoms with E-state index in [9.17, 15) is 0 Å². The van der Waals surface area contributed by atoms with Crippen molar-refractivity contribution in [3.8, 4) is 0 Å². The molecule has 1 aromatic rings. The molecule has 2 rings (SSSR count). The lowest BCUT2D eigenvalue weighted by atomic mass is 9.94. The Hall–Kier alpha value is -0.860. The molecule has 0 unspecified atom stereocenters. The Kier molecular flexibility index (Phi) is 8.86. The molecule has 0 radical (unpaired) electrons. The Balaban J connectivity index is 0.00000264. The summed E-state index contributed by atoms with van der Waals surface area (Å²) in [6, 6.07) is 8.36. The number of hydrogen-bond acceptors (Lipinski definition) is 3. The molecule has 1 saturated heterocycles. The van der Waals surface area contributed by atoms with E-state index in [-0.39, 0.29) is 29.6 Å². The van der Waals surface area contributed by atoms with Gasteiger partial charge in [0.25, 0.3) is 0 Å². The van der Waals surface area contributed by atoms with E-state index >= 15 is 0 Å². The summed E-state index contributed by atoms with van der Waals surface area (Å²) in [5.74, 6) is 0.797. The second-order valence-corrected chi connectivity index (χ2v) is 5.71. The number of methoxy groups -OCH3 is 1. The van der Waals surface area contributed by atoms with Crippen LogP contribution in [-0.2, 0) is 16.0 Å². The zero-order valence-corrected chi connectivity index (χ0v) is 16.6. The van der Waals surface area contributed by atoms with Crippen molar-refractivity contribution >= 4 is 29.9 Å². The molecule has 1 aromatic carbocycles. The molecule has 0 spiro atoms. The first-order valence-electron chi connectivity index (χ1n) is 7.81. The van der Waals surface area contributed by atoms with Crippen molar-refractivity contribution in [1.82, 2.24) is 10.6 Å². The number of guanidine groups is 1. The van der Waals surface area contributed by atoms with Crippen molar-refractivity contribution < 1.29 is 9.47 Å². The summed E-state index contributed by atoms with van der Waals surface area (Å²) in [7, 11) is 3.56. The smallest absolute Gasteiger partial charge is 0.191 e. The van der Waals surface area contributed by atoms with E-state index in [1.807, 2.05) is 0 Å². The van der Waals surface area contributed by atoms with Crippen LogP contribution in [0.4, 0.5) is 0 Å². The van der Waals surface area contributed by atoms with Crippen molar-refractivity contribution in [1.29, 1.82) is 0 Å². The molecular weight excluding hydrogens is 405 g/mol. The minimum atomic E-state index is -0.154. The van der Waals surface area contributed by atoms with Crippen LogP contribution in [-0.4, -0.2) is 45.5 Å². The summed E-state index contributed by atoms with van der Waals surface area (Å²) in [5, 5.41) is 6.74. The predicted molar refractivity (Wildman–Crippen MR) is 105 cm³/mol. The standard InChI is InChI=1S/C17H27N3O2.HI/c1-14-6-4-5-7-15(14)12-19-16(18-2)20-13-17(21-3)8-10-22-11-9-17;/h4-7H,8-13H2,1-3H3,(H2,18,19,20);1H. The molecule has 2 N–H and O–H groups in total. The molecule has 1 heterocycles. The third-order valence-electron chi connectivity index (χ3n) is 4.35. The Morgan fingerprint density at radius 2 is 1.96 bits per heavy atom. The van der Waals surface area contributed by atoms with E-state index in [1.54, 1.807) is 14.2 Å². The summed E-state index contributed by atoms with van der Waals surface area (Å²) >= 11 is 0. The number of aliphatic imine (C=N–C) groups is 1. The minimum Gasteiger partial charge on any atom is -0.381 e. The lowest BCUT2D eigenvalue weighted by molar-refractivity contribution is -0.0855. The highest BCUT2D eigenvalue weighted by Gasteiger charge is 2.32. The van der Waals surface area contributed by atoms with Crippen molar-refractivity contribution in [3.05, 3.63) is 35.4 Å². The molecule has 0 aliphatic carbocycles. The molecule has 1 aliphatic heterocycles. The highest BCUT2D eigenvalue weighted by Crippen LogP contribution is 2.23. The SMILES string of the molecule is CN=C(NCc1ccccc1C)NCC1(OC)CCOCC1.I. The second kappa shape index (κ2) is 10.1. The zero-order valence-electron chi connectivity index (χ0n) is 14.2. The van der Waals surface area contributed by atoms with E-state index in [4.69, 9.17) is 9.47 Å². The summed E-state index contributed by atoms with van der Waals surface area (Å²) < 4.78 is 11.2. The van der Waals surface area contributed by atoms with Crippen LogP contribution in [0.3, 0.4) is 0 Å². The Morgan fingerprint density at radius 3 is 2.57 bits per heavy atom. The first-order chi connectivity index (χ1) is 10.7. The van der Waals surface area contributed by atoms with Gasteiger partial charge in [0.15, 0.2) is 5.96 Å². The van der Waals surface area contributed by atoms with Gasteiger partial charge in [-0.1, -0.05) is 24.3 Å². The van der Waals surface area contributed by atoms with E-state index in [2.05, 4.69) is 46.8 Å². The summed E-state index contributed by atoms with van der Waals surface area (Å²) in [5.41, 5.74) is 2.40. The third kappa shape index (κ3) is 5.93. The average molecular weight is 433 g/mol. The van der Waals surface area contributed by atoms with E-state index in [0.29, 0.717) is 0 Å². The maximum atomic E-state index is 5.73. The van der Waals surface area contributed by atoms with Crippen molar-refractivity contribution in [2.75, 3.05) is 33.9 Å². The van der Waals surface area contributed by atoms with Crippen LogP contribution in [0.1, 0.15) is 24.0 Å². The monoisotopic (exact) mass is 433 g/mol. The van der Waals surface area contributed by atoms with Crippen LogP contribution in [0.15, 0.2) is 29.3 Å². The largest absolute Gasteiger partial charge is 0.381 e. The van der Waals surface area contributed by atoms with Gasteiger partial charge in [0.2, 0.25) is 0 Å². The second-order valence-electron chi connectivity index (χ2n) is 5.71. The molecule has 1 fully saturated rings. The average Bonchev–Trinajstić information content (AvgIpc) is 2.57. The van der Waals surface area contributed by atoms with Crippen LogP contribution < -0.4 is 10.6 Å². The lowest BCUT2D eigenvalue weighted by Crippen LogP contribution is -2.50. The van der Waals surface area contributed by atoms with Crippen molar-refractivity contribution in [2.45, 2.75) is 31.9 Å². The molecule has 0 amide bonds. The van der Waals surface area contributed by atoms with E-state index < -0.39 is 0 Å². The van der Waals surface area contributed by atoms with Crippen LogP contribution >= 0.6 is 24.0 Å². The van der Waals surface area contributed by atoms with E-state index in [0.717, 1.165) is 45.1 Å². The van der Waals surface area contributed by atoms with Gasteiger partial charge in [-0.15, -0.1) is 24.0 Å². The van der Waals surface area contributed by atoms with Crippen LogP contribution in [0.5, 0.6) is 0 Å². The highest BCUT2D eigenvalue weighted by atomic mass is 127. The van der Waals surface area contributed by atoms with Gasteiger partial charge in [-0.05, 0) is 18.1 Å². The summed E-state index contributed by atoms with van der Waals surface area (Å²) in [6.07, 6.45) is 1.82. The topological polar surface area (TPSA) is 54.9 Å². The van der Waals surface area contributed by atoms with Gasteiger partial charge >= 0.3 is 0 Å². The number of hydrogen-bond donors (Lipinski definition) is 2. The van der Waals surface area contributed by atoms with Crippen LogP contribution in [0, 0.1) is 6.92 Å². The molecule has 0 aromatic heterocycles. The van der Waals surface area contributed by atoms with Crippen LogP contribution in [0.25, 0.3) is 0 Å². The molecule has 6 heteroatoms. The van der Waals surface area contributed by atoms with E-state index in [1.165, 1.54) is 11.1 Å². The quantitative estimate of drug-likeness (QED) is 0.426. The molecule has 130 valence electrons. The van der Waals surface area contributed by atoms with Gasteiger partial charge in [-0.25, -0.2) is 0 Å². The number of halogens is 1. The van der Waals surface area contributed by atoms with Crippen LogP contribution in [0.2, 0.25) is 0 Å². The van der Waals surface area contributed by atoms with Crippen molar-refractivity contribution in [2.24, 2.45) is 4.99 Å². The first kappa shape index (κ1) is 20.2. The van der Waals surface area contributed by atoms with Gasteiger partial charge in [0, 0.05) is 53.3 Å². The van der Waals surface area contributed by atoms with Gasteiger partial charge < -0.3 is 20.1 Å². The maximum Gasteiger partial charge on any atom is 0.191 e. The first-order valence-corrected chi connectivity index (χ1v) is 7.81. The Morgan fingerprint density at radius 1 is 1.26 bits per heavy atom. The maximum absolute atomic E-state index is 5.73. The fraction of sp³-hybridized carbons (Fsp3) is 0.588. The number of benzene rings is 1. The number of nitrogens with one attached hydrogen (secondary N) is 2. The highest BCUT2D eigenvalue weighted by molar-refractivity contribution is 14.0. The molecule has 5 nitrogen and oxygen atoms in total. The third-order valence-corrected chi connectivity index (χ3v) is 4.35. The molecule has 1 aliphatic rings. The zero-order chi connectivity index (χ0) is 15.8.